The quantitative estimate of drug-likeness (QED) is 0.450. The van der Waals surface area contributed by atoms with Crippen LogP contribution in [-0.4, -0.2) is 29.6 Å². The number of aromatic nitrogens is 1. The summed E-state index contributed by atoms with van der Waals surface area (Å²) in [4.78, 5) is 28.6. The number of benzene rings is 2. The molecule has 0 unspecified atom stereocenters. The van der Waals surface area contributed by atoms with E-state index in [1.54, 1.807) is 36.4 Å². The van der Waals surface area contributed by atoms with E-state index in [-0.39, 0.29) is 30.9 Å². The number of pyridine rings is 1. The number of amides is 1. The number of carbonyl (C=O) groups is 2. The number of nitrogens with two attached hydrogens (primary N) is 1. The van der Waals surface area contributed by atoms with Crippen molar-refractivity contribution in [3.63, 3.8) is 0 Å². The zero-order valence-electron chi connectivity index (χ0n) is 19.3. The Bertz CT molecular complexity index is 1190. The Labute approximate surface area is 203 Å². The van der Waals surface area contributed by atoms with Crippen LogP contribution in [0.4, 0.5) is 10.1 Å². The molecule has 0 bridgehead atoms. The van der Waals surface area contributed by atoms with Gasteiger partial charge in [-0.15, -0.1) is 0 Å². The summed E-state index contributed by atoms with van der Waals surface area (Å²) in [5.74, 6) is -0.962. The molecule has 1 aromatic heterocycles. The van der Waals surface area contributed by atoms with Crippen molar-refractivity contribution in [2.75, 3.05) is 11.9 Å². The highest BCUT2D eigenvalue weighted by atomic mass is 19.1. The Morgan fingerprint density at radius 3 is 2.69 bits per heavy atom. The molecule has 2 aromatic carbocycles. The van der Waals surface area contributed by atoms with Gasteiger partial charge >= 0.3 is 5.97 Å². The minimum atomic E-state index is -0.619. The Hall–Kier alpha value is -3.78. The molecule has 3 aromatic rings. The lowest BCUT2D eigenvalue weighted by atomic mass is 9.96. The van der Waals surface area contributed by atoms with Crippen molar-refractivity contribution >= 4 is 17.6 Å². The average Bonchev–Trinajstić information content (AvgIpc) is 2.89. The first-order chi connectivity index (χ1) is 17.0. The molecule has 3 N–H and O–H groups in total. The molecule has 0 radical (unpaired) electrons. The number of nitrogens with zero attached hydrogens (tertiary/aromatic N) is 1. The summed E-state index contributed by atoms with van der Waals surface area (Å²) in [5, 5.41) is 2.56. The molecule has 0 atom stereocenters. The highest BCUT2D eigenvalue weighted by Gasteiger charge is 2.18. The summed E-state index contributed by atoms with van der Waals surface area (Å²) in [6, 6.07) is 13.7. The van der Waals surface area contributed by atoms with E-state index in [1.807, 2.05) is 6.07 Å². The number of hydrogen-bond donors (Lipinski definition) is 2. The van der Waals surface area contributed by atoms with Crippen LogP contribution in [0.5, 0.6) is 5.75 Å². The van der Waals surface area contributed by atoms with E-state index in [0.717, 1.165) is 48.6 Å². The zero-order chi connectivity index (χ0) is 24.6. The summed E-state index contributed by atoms with van der Waals surface area (Å²) < 4.78 is 25.1. The number of rotatable bonds is 8. The number of ether oxygens (including phenoxy) is 2. The van der Waals surface area contributed by atoms with Crippen LogP contribution in [0.15, 0.2) is 60.9 Å². The van der Waals surface area contributed by atoms with Crippen LogP contribution in [0.2, 0.25) is 0 Å². The van der Waals surface area contributed by atoms with E-state index in [1.165, 1.54) is 18.7 Å². The van der Waals surface area contributed by atoms with Crippen LogP contribution in [0, 0.1) is 5.82 Å². The monoisotopic (exact) mass is 477 g/mol. The minimum Gasteiger partial charge on any atom is -0.482 e. The van der Waals surface area contributed by atoms with Crippen LogP contribution < -0.4 is 15.8 Å². The summed E-state index contributed by atoms with van der Waals surface area (Å²) in [6.45, 7) is 0.0820. The van der Waals surface area contributed by atoms with E-state index in [9.17, 15) is 14.0 Å². The molecule has 35 heavy (non-hydrogen) atoms. The molecule has 0 aliphatic heterocycles. The van der Waals surface area contributed by atoms with Crippen molar-refractivity contribution < 1.29 is 23.5 Å². The van der Waals surface area contributed by atoms with Gasteiger partial charge in [-0.05, 0) is 72.7 Å². The van der Waals surface area contributed by atoms with Crippen molar-refractivity contribution in [1.29, 1.82) is 0 Å². The van der Waals surface area contributed by atoms with Crippen molar-refractivity contribution in [3.8, 4) is 16.9 Å². The smallest absolute Gasteiger partial charge is 0.344 e. The van der Waals surface area contributed by atoms with E-state index in [2.05, 4.69) is 10.3 Å². The lowest BCUT2D eigenvalue weighted by molar-refractivity contribution is -0.152. The van der Waals surface area contributed by atoms with E-state index in [0.29, 0.717) is 11.3 Å². The third kappa shape index (κ3) is 6.42. The van der Waals surface area contributed by atoms with Gasteiger partial charge < -0.3 is 20.5 Å². The summed E-state index contributed by atoms with van der Waals surface area (Å²) >= 11 is 0. The Kier molecular flexibility index (Phi) is 8.05. The van der Waals surface area contributed by atoms with Gasteiger partial charge in [-0.25, -0.2) is 9.18 Å². The molecule has 1 aliphatic rings. The predicted molar refractivity (Wildman–Crippen MR) is 130 cm³/mol. The molecule has 0 saturated heterocycles. The largest absolute Gasteiger partial charge is 0.482 e. The Balaban J connectivity index is 1.47. The lowest BCUT2D eigenvalue weighted by Crippen LogP contribution is -2.24. The molecule has 1 aliphatic carbocycles. The van der Waals surface area contributed by atoms with Gasteiger partial charge in [-0.2, -0.15) is 0 Å². The molecule has 7 nitrogen and oxygen atoms in total. The van der Waals surface area contributed by atoms with E-state index < -0.39 is 11.7 Å². The number of halogens is 1. The maximum absolute atomic E-state index is 13.9. The molecule has 8 heteroatoms. The molecule has 4 rings (SSSR count). The number of carbonyl (C=O) groups excluding carboxylic acids is 2. The van der Waals surface area contributed by atoms with Gasteiger partial charge in [0.25, 0.3) is 5.91 Å². The molecule has 182 valence electrons. The first-order valence-electron chi connectivity index (χ1n) is 11.7. The van der Waals surface area contributed by atoms with Crippen LogP contribution in [-0.2, 0) is 16.1 Å². The molecule has 1 heterocycles. The molecular formula is C27H28FN3O4. The van der Waals surface area contributed by atoms with Gasteiger partial charge in [-0.3, -0.25) is 9.78 Å². The summed E-state index contributed by atoms with van der Waals surface area (Å²) in [6.07, 6.45) is 7.57. The van der Waals surface area contributed by atoms with E-state index >= 15 is 0 Å². The van der Waals surface area contributed by atoms with Gasteiger partial charge in [0, 0.05) is 18.3 Å². The van der Waals surface area contributed by atoms with E-state index in [4.69, 9.17) is 15.2 Å². The molecule has 1 fully saturated rings. The van der Waals surface area contributed by atoms with Gasteiger partial charge in [0.05, 0.1) is 11.9 Å². The summed E-state index contributed by atoms with van der Waals surface area (Å²) in [7, 11) is 0. The maximum Gasteiger partial charge on any atom is 0.344 e. The standard InChI is InChI=1S/C27H28FN3O4/c28-24-16-30-12-11-25(24)31-27(33)19-9-10-20(15-29)23(14-19)18-5-4-8-22(13-18)34-17-26(32)35-21-6-2-1-3-7-21/h4-5,8-14,16,21H,1-3,6-7,15,17,29H2,(H,30,31,33). The fourth-order valence-electron chi connectivity index (χ4n) is 4.13. The Morgan fingerprint density at radius 1 is 1.09 bits per heavy atom. The minimum absolute atomic E-state index is 0.0205. The van der Waals surface area contributed by atoms with Crippen molar-refractivity contribution in [3.05, 3.63) is 77.9 Å². The molecule has 0 spiro atoms. The number of nitrogens with one attached hydrogen (secondary N) is 1. The molecular weight excluding hydrogens is 449 g/mol. The van der Waals surface area contributed by atoms with Crippen molar-refractivity contribution in [2.45, 2.75) is 44.8 Å². The lowest BCUT2D eigenvalue weighted by Gasteiger charge is -2.21. The first kappa shape index (κ1) is 24.3. The topological polar surface area (TPSA) is 104 Å². The summed E-state index contributed by atoms with van der Waals surface area (Å²) in [5.41, 5.74) is 8.66. The maximum atomic E-state index is 13.9. The number of anilines is 1. The predicted octanol–water partition coefficient (Wildman–Crippen LogP) is 4.85. The van der Waals surface area contributed by atoms with Gasteiger partial charge in [0.2, 0.25) is 0 Å². The molecule has 1 saturated carbocycles. The fraction of sp³-hybridized carbons (Fsp3) is 0.296. The second kappa shape index (κ2) is 11.6. The van der Waals surface area contributed by atoms with Crippen molar-refractivity contribution in [1.82, 2.24) is 4.98 Å². The van der Waals surface area contributed by atoms with Crippen LogP contribution >= 0.6 is 0 Å². The number of hydrogen-bond acceptors (Lipinski definition) is 6. The molecule has 1 amide bonds. The third-order valence-corrected chi connectivity index (χ3v) is 5.96. The third-order valence-electron chi connectivity index (χ3n) is 5.96. The SMILES string of the molecule is NCc1ccc(C(=O)Nc2ccncc2F)cc1-c1cccc(OCC(=O)OC2CCCCC2)c1. The van der Waals surface area contributed by atoms with Gasteiger partial charge in [0.15, 0.2) is 12.4 Å². The van der Waals surface area contributed by atoms with Gasteiger partial charge in [0.1, 0.15) is 11.9 Å². The van der Waals surface area contributed by atoms with Crippen LogP contribution in [0.3, 0.4) is 0 Å². The van der Waals surface area contributed by atoms with Gasteiger partial charge in [-0.1, -0.05) is 24.6 Å². The number of esters is 1. The average molecular weight is 478 g/mol. The second-order valence-electron chi connectivity index (χ2n) is 8.45. The first-order valence-corrected chi connectivity index (χ1v) is 11.7. The van der Waals surface area contributed by atoms with Crippen LogP contribution in [0.25, 0.3) is 11.1 Å². The van der Waals surface area contributed by atoms with Crippen molar-refractivity contribution in [2.24, 2.45) is 5.73 Å². The Morgan fingerprint density at radius 2 is 1.91 bits per heavy atom. The normalized spacial score (nSPS) is 13.8. The zero-order valence-corrected chi connectivity index (χ0v) is 19.3. The van der Waals surface area contributed by atoms with Crippen LogP contribution in [0.1, 0.15) is 48.0 Å². The fourth-order valence-corrected chi connectivity index (χ4v) is 4.13. The second-order valence-corrected chi connectivity index (χ2v) is 8.45. The highest BCUT2D eigenvalue weighted by Crippen LogP contribution is 2.29. The highest BCUT2D eigenvalue weighted by molar-refractivity contribution is 6.05.